The van der Waals surface area contributed by atoms with E-state index in [2.05, 4.69) is 9.88 Å². The van der Waals surface area contributed by atoms with Gasteiger partial charge in [0, 0.05) is 31.0 Å². The first-order chi connectivity index (χ1) is 8.38. The minimum absolute atomic E-state index is 0.577. The van der Waals surface area contributed by atoms with Gasteiger partial charge in [0.25, 0.3) is 0 Å². The van der Waals surface area contributed by atoms with Crippen LogP contribution < -0.4 is 4.90 Å². The van der Waals surface area contributed by atoms with Crippen molar-refractivity contribution in [3.05, 3.63) is 30.2 Å². The Kier molecular flexibility index (Phi) is 2.53. The Balaban J connectivity index is 1.98. The number of fused-ring (bicyclic) bond motifs is 1. The number of morpholine rings is 1. The number of nitrogens with zero attached hydrogens (tertiary/aromatic N) is 3. The molecule has 0 bridgehead atoms. The smallest absolute Gasteiger partial charge is 0.168 e. The largest absolute Gasteiger partial charge is 0.378 e. The van der Waals surface area contributed by atoms with Crippen LogP contribution in [-0.4, -0.2) is 42.0 Å². The minimum Gasteiger partial charge on any atom is -0.378 e. The van der Waals surface area contributed by atoms with Gasteiger partial charge in [-0.25, -0.2) is 4.98 Å². The Bertz CT molecular complexity index is 544. The third kappa shape index (κ3) is 1.78. The Morgan fingerprint density at radius 1 is 1.35 bits per heavy atom. The molecule has 0 aliphatic carbocycles. The normalized spacial score (nSPS) is 16.4. The predicted octanol–water partition coefficient (Wildman–Crippen LogP) is 0.983. The van der Waals surface area contributed by atoms with Crippen LogP contribution in [0.25, 0.3) is 5.65 Å². The van der Waals surface area contributed by atoms with Gasteiger partial charge in [-0.1, -0.05) is 0 Å². The number of ether oxygens (including phenoxy) is 1. The lowest BCUT2D eigenvalue weighted by molar-refractivity contribution is 0.111. The predicted molar refractivity (Wildman–Crippen MR) is 63.6 cm³/mol. The lowest BCUT2D eigenvalue weighted by Gasteiger charge is -2.28. The summed E-state index contributed by atoms with van der Waals surface area (Å²) in [4.78, 5) is 17.3. The number of hydrogen-bond acceptors (Lipinski definition) is 4. The van der Waals surface area contributed by atoms with E-state index in [0.717, 1.165) is 43.9 Å². The summed E-state index contributed by atoms with van der Waals surface area (Å²) in [6.45, 7) is 3.33. The topological polar surface area (TPSA) is 46.8 Å². The fraction of sp³-hybridized carbons (Fsp3) is 0.333. The maximum atomic E-state index is 10.8. The standard InChI is InChI=1S/C12H13N3O2/c16-9-11-8-13-12-7-10(1-2-15(11)12)14-3-5-17-6-4-14/h1-2,7-9H,3-6H2. The Hall–Kier alpha value is -1.88. The fourth-order valence-corrected chi connectivity index (χ4v) is 2.09. The monoisotopic (exact) mass is 231 g/mol. The van der Waals surface area contributed by atoms with Crippen LogP contribution in [0.3, 0.4) is 0 Å². The zero-order valence-corrected chi connectivity index (χ0v) is 9.37. The number of hydrogen-bond donors (Lipinski definition) is 0. The van der Waals surface area contributed by atoms with E-state index in [4.69, 9.17) is 4.74 Å². The van der Waals surface area contributed by atoms with Crippen molar-refractivity contribution in [1.29, 1.82) is 0 Å². The van der Waals surface area contributed by atoms with Gasteiger partial charge >= 0.3 is 0 Å². The molecule has 0 saturated carbocycles. The van der Waals surface area contributed by atoms with Crippen LogP contribution in [0.15, 0.2) is 24.5 Å². The van der Waals surface area contributed by atoms with Crippen LogP contribution in [0.1, 0.15) is 10.5 Å². The van der Waals surface area contributed by atoms with Crippen LogP contribution in [0.5, 0.6) is 0 Å². The lowest BCUT2D eigenvalue weighted by atomic mass is 10.3. The molecule has 88 valence electrons. The van der Waals surface area contributed by atoms with Crippen LogP contribution in [-0.2, 0) is 4.74 Å². The van der Waals surface area contributed by atoms with Crippen molar-refractivity contribution in [2.24, 2.45) is 0 Å². The number of carbonyl (C=O) groups excluding carboxylic acids is 1. The van der Waals surface area contributed by atoms with Crippen molar-refractivity contribution < 1.29 is 9.53 Å². The quantitative estimate of drug-likeness (QED) is 0.723. The van der Waals surface area contributed by atoms with Gasteiger partial charge in [0.1, 0.15) is 11.3 Å². The van der Waals surface area contributed by atoms with Crippen LogP contribution in [0, 0.1) is 0 Å². The average Bonchev–Trinajstić information content (AvgIpc) is 2.81. The van der Waals surface area contributed by atoms with Crippen LogP contribution >= 0.6 is 0 Å². The molecule has 0 unspecified atom stereocenters. The number of anilines is 1. The van der Waals surface area contributed by atoms with Crippen LogP contribution in [0.4, 0.5) is 5.69 Å². The summed E-state index contributed by atoms with van der Waals surface area (Å²) < 4.78 is 7.11. The van der Waals surface area contributed by atoms with E-state index >= 15 is 0 Å². The Morgan fingerprint density at radius 3 is 2.94 bits per heavy atom. The van der Waals surface area contributed by atoms with Gasteiger partial charge in [0.05, 0.1) is 19.4 Å². The highest BCUT2D eigenvalue weighted by molar-refractivity contribution is 5.74. The zero-order chi connectivity index (χ0) is 11.7. The minimum atomic E-state index is 0.577. The first-order valence-electron chi connectivity index (χ1n) is 5.63. The number of pyridine rings is 1. The molecule has 3 rings (SSSR count). The van der Waals surface area contributed by atoms with E-state index in [1.54, 1.807) is 10.6 Å². The van der Waals surface area contributed by atoms with Crippen molar-refractivity contribution in [3.63, 3.8) is 0 Å². The second-order valence-electron chi connectivity index (χ2n) is 4.01. The van der Waals surface area contributed by atoms with E-state index in [0.29, 0.717) is 5.69 Å². The number of rotatable bonds is 2. The summed E-state index contributed by atoms with van der Waals surface area (Å²) in [6, 6.07) is 4.01. The van der Waals surface area contributed by atoms with Crippen molar-refractivity contribution in [1.82, 2.24) is 9.38 Å². The molecule has 2 aromatic heterocycles. The second-order valence-corrected chi connectivity index (χ2v) is 4.01. The fourth-order valence-electron chi connectivity index (χ4n) is 2.09. The molecule has 1 saturated heterocycles. The average molecular weight is 231 g/mol. The molecule has 2 aromatic rings. The lowest BCUT2D eigenvalue weighted by Crippen LogP contribution is -2.36. The summed E-state index contributed by atoms with van der Waals surface area (Å²) >= 11 is 0. The van der Waals surface area contributed by atoms with Gasteiger partial charge in [-0.3, -0.25) is 9.20 Å². The maximum absolute atomic E-state index is 10.8. The summed E-state index contributed by atoms with van der Waals surface area (Å²) in [5.41, 5.74) is 2.51. The molecule has 17 heavy (non-hydrogen) atoms. The molecule has 0 radical (unpaired) electrons. The first kappa shape index (κ1) is 10.3. The summed E-state index contributed by atoms with van der Waals surface area (Å²) in [7, 11) is 0. The molecule has 0 spiro atoms. The van der Waals surface area contributed by atoms with E-state index in [-0.39, 0.29) is 0 Å². The number of aldehydes is 1. The number of imidazole rings is 1. The summed E-state index contributed by atoms with van der Waals surface area (Å²) in [6.07, 6.45) is 4.29. The molecule has 1 aliphatic rings. The van der Waals surface area contributed by atoms with E-state index in [1.165, 1.54) is 0 Å². The highest BCUT2D eigenvalue weighted by atomic mass is 16.5. The molecule has 5 nitrogen and oxygen atoms in total. The van der Waals surface area contributed by atoms with Crippen molar-refractivity contribution >= 4 is 17.6 Å². The van der Waals surface area contributed by atoms with E-state index < -0.39 is 0 Å². The van der Waals surface area contributed by atoms with Crippen LogP contribution in [0.2, 0.25) is 0 Å². The molecular weight excluding hydrogens is 218 g/mol. The molecular formula is C12H13N3O2. The summed E-state index contributed by atoms with van der Waals surface area (Å²) in [5.74, 6) is 0. The molecule has 1 aliphatic heterocycles. The highest BCUT2D eigenvalue weighted by Crippen LogP contribution is 2.18. The zero-order valence-electron chi connectivity index (χ0n) is 9.37. The highest BCUT2D eigenvalue weighted by Gasteiger charge is 2.12. The first-order valence-corrected chi connectivity index (χ1v) is 5.63. The van der Waals surface area contributed by atoms with Gasteiger partial charge in [-0.05, 0) is 6.07 Å². The second kappa shape index (κ2) is 4.18. The van der Waals surface area contributed by atoms with Crippen molar-refractivity contribution in [2.75, 3.05) is 31.2 Å². The van der Waals surface area contributed by atoms with Gasteiger partial charge in [-0.15, -0.1) is 0 Å². The third-order valence-electron chi connectivity index (χ3n) is 3.02. The van der Waals surface area contributed by atoms with E-state index in [1.807, 2.05) is 18.3 Å². The Morgan fingerprint density at radius 2 is 2.18 bits per heavy atom. The number of carbonyl (C=O) groups is 1. The Labute approximate surface area is 98.6 Å². The van der Waals surface area contributed by atoms with Crippen molar-refractivity contribution in [2.45, 2.75) is 0 Å². The molecule has 5 heteroatoms. The molecule has 0 N–H and O–H groups in total. The molecule has 0 amide bonds. The SMILES string of the molecule is O=Cc1cnc2cc(N3CCOCC3)ccn12. The van der Waals surface area contributed by atoms with Gasteiger partial charge in [0.2, 0.25) is 0 Å². The number of aromatic nitrogens is 2. The third-order valence-corrected chi connectivity index (χ3v) is 3.02. The molecule has 0 atom stereocenters. The van der Waals surface area contributed by atoms with Gasteiger partial charge in [0.15, 0.2) is 6.29 Å². The molecule has 0 aromatic carbocycles. The summed E-state index contributed by atoms with van der Waals surface area (Å²) in [5, 5.41) is 0. The molecule has 3 heterocycles. The maximum Gasteiger partial charge on any atom is 0.168 e. The molecule has 1 fully saturated rings. The van der Waals surface area contributed by atoms with Gasteiger partial charge < -0.3 is 9.64 Å². The van der Waals surface area contributed by atoms with Crippen molar-refractivity contribution in [3.8, 4) is 0 Å². The van der Waals surface area contributed by atoms with Gasteiger partial charge in [-0.2, -0.15) is 0 Å². The van der Waals surface area contributed by atoms with E-state index in [9.17, 15) is 4.79 Å².